The normalized spacial score (nSPS) is 16.1. The third-order valence-corrected chi connectivity index (χ3v) is 4.51. The van der Waals surface area contributed by atoms with Crippen LogP contribution in [0.5, 0.6) is 5.75 Å². The Morgan fingerprint density at radius 2 is 2.04 bits per heavy atom. The largest absolute Gasteiger partial charge is 0.492 e. The van der Waals surface area contributed by atoms with Gasteiger partial charge in [0.05, 0.1) is 20.3 Å². The number of para-hydroxylation sites is 1. The summed E-state index contributed by atoms with van der Waals surface area (Å²) in [5.41, 5.74) is 1.06. The quantitative estimate of drug-likeness (QED) is 0.723. The highest BCUT2D eigenvalue weighted by Gasteiger charge is 2.25. The van der Waals surface area contributed by atoms with Crippen molar-refractivity contribution < 1.29 is 24.1 Å². The SMILES string of the molecule is COC(=O)c1nn(C)cc1C(O)c1ccccc1OCCN1CCOCC1. The van der Waals surface area contributed by atoms with Crippen LogP contribution in [0.25, 0.3) is 0 Å². The molecule has 2 aromatic rings. The molecular weight excluding hydrogens is 350 g/mol. The molecule has 1 fully saturated rings. The summed E-state index contributed by atoms with van der Waals surface area (Å²) in [6, 6.07) is 7.27. The van der Waals surface area contributed by atoms with Gasteiger partial charge in [-0.3, -0.25) is 9.58 Å². The van der Waals surface area contributed by atoms with Gasteiger partial charge in [-0.1, -0.05) is 18.2 Å². The standard InChI is InChI=1S/C19H25N3O5/c1-21-13-15(17(20-21)19(24)25-2)18(23)14-5-3-4-6-16(14)27-12-9-22-7-10-26-11-8-22/h3-6,13,18,23H,7-12H2,1-2H3. The van der Waals surface area contributed by atoms with Crippen LogP contribution in [-0.4, -0.2) is 72.3 Å². The molecule has 1 aliphatic rings. The number of hydrogen-bond acceptors (Lipinski definition) is 7. The lowest BCUT2D eigenvalue weighted by molar-refractivity contribution is 0.0321. The lowest BCUT2D eigenvalue weighted by Crippen LogP contribution is -2.38. The minimum atomic E-state index is -1.05. The first-order chi connectivity index (χ1) is 13.1. The second-order valence-electron chi connectivity index (χ2n) is 6.34. The number of nitrogens with zero attached hydrogens (tertiary/aromatic N) is 3. The third kappa shape index (κ3) is 4.65. The van der Waals surface area contributed by atoms with E-state index in [0.29, 0.717) is 23.5 Å². The zero-order valence-corrected chi connectivity index (χ0v) is 15.6. The van der Waals surface area contributed by atoms with Crippen LogP contribution in [0.15, 0.2) is 30.5 Å². The summed E-state index contributed by atoms with van der Waals surface area (Å²) in [6.45, 7) is 4.56. The highest BCUT2D eigenvalue weighted by Crippen LogP contribution is 2.31. The van der Waals surface area contributed by atoms with Gasteiger partial charge in [-0.15, -0.1) is 0 Å². The molecule has 1 aliphatic heterocycles. The molecule has 0 saturated carbocycles. The molecule has 2 heterocycles. The predicted molar refractivity (Wildman–Crippen MR) is 97.8 cm³/mol. The highest BCUT2D eigenvalue weighted by atomic mass is 16.5. The van der Waals surface area contributed by atoms with Crippen LogP contribution in [-0.2, 0) is 16.5 Å². The van der Waals surface area contributed by atoms with Crippen molar-refractivity contribution in [3.63, 3.8) is 0 Å². The van der Waals surface area contributed by atoms with Crippen LogP contribution in [0.4, 0.5) is 0 Å². The topological polar surface area (TPSA) is 86.0 Å². The van der Waals surface area contributed by atoms with Gasteiger partial charge in [0.15, 0.2) is 5.69 Å². The van der Waals surface area contributed by atoms with Gasteiger partial charge in [-0.05, 0) is 6.07 Å². The fourth-order valence-corrected chi connectivity index (χ4v) is 3.08. The van der Waals surface area contributed by atoms with E-state index < -0.39 is 12.1 Å². The number of rotatable bonds is 7. The van der Waals surface area contributed by atoms with Gasteiger partial charge in [-0.2, -0.15) is 5.10 Å². The number of hydrogen-bond donors (Lipinski definition) is 1. The Balaban J connectivity index is 1.74. The number of esters is 1. The molecule has 1 saturated heterocycles. The third-order valence-electron chi connectivity index (χ3n) is 4.51. The first-order valence-corrected chi connectivity index (χ1v) is 8.92. The number of aromatic nitrogens is 2. The second-order valence-corrected chi connectivity index (χ2v) is 6.34. The Bertz CT molecular complexity index is 770. The van der Waals surface area contributed by atoms with Crippen molar-refractivity contribution in [3.05, 3.63) is 47.3 Å². The van der Waals surface area contributed by atoms with E-state index in [-0.39, 0.29) is 5.69 Å². The maximum Gasteiger partial charge on any atom is 0.358 e. The average Bonchev–Trinajstić information content (AvgIpc) is 3.10. The Labute approximate surface area is 158 Å². The molecule has 1 atom stereocenters. The Kier molecular flexibility index (Phi) is 6.44. The molecule has 8 heteroatoms. The number of aliphatic hydroxyl groups excluding tert-OH is 1. The van der Waals surface area contributed by atoms with Crippen molar-refractivity contribution in [1.82, 2.24) is 14.7 Å². The van der Waals surface area contributed by atoms with Crippen molar-refractivity contribution in [3.8, 4) is 5.75 Å². The fourth-order valence-electron chi connectivity index (χ4n) is 3.08. The van der Waals surface area contributed by atoms with Crippen LogP contribution < -0.4 is 4.74 Å². The summed E-state index contributed by atoms with van der Waals surface area (Å²) in [5, 5.41) is 15.0. The molecule has 8 nitrogen and oxygen atoms in total. The smallest absolute Gasteiger partial charge is 0.358 e. The van der Waals surface area contributed by atoms with Crippen LogP contribution in [0.1, 0.15) is 27.7 Å². The molecule has 0 radical (unpaired) electrons. The zero-order chi connectivity index (χ0) is 19.2. The molecule has 1 unspecified atom stereocenters. The molecule has 27 heavy (non-hydrogen) atoms. The van der Waals surface area contributed by atoms with Gasteiger partial charge in [0.25, 0.3) is 0 Å². The van der Waals surface area contributed by atoms with Crippen molar-refractivity contribution in [2.24, 2.45) is 7.05 Å². The Hall–Kier alpha value is -2.42. The molecule has 0 aliphatic carbocycles. The maximum absolute atomic E-state index is 12.0. The Morgan fingerprint density at radius 3 is 2.78 bits per heavy atom. The lowest BCUT2D eigenvalue weighted by atomic mass is 10.0. The lowest BCUT2D eigenvalue weighted by Gasteiger charge is -2.26. The minimum absolute atomic E-state index is 0.0932. The number of carbonyl (C=O) groups is 1. The van der Waals surface area contributed by atoms with E-state index in [2.05, 4.69) is 10.00 Å². The molecule has 0 bridgehead atoms. The van der Waals surface area contributed by atoms with E-state index in [4.69, 9.17) is 14.2 Å². The second kappa shape index (κ2) is 8.98. The van der Waals surface area contributed by atoms with Gasteiger partial charge < -0.3 is 19.3 Å². The summed E-state index contributed by atoms with van der Waals surface area (Å²) in [4.78, 5) is 14.2. The average molecular weight is 375 g/mol. The van der Waals surface area contributed by atoms with Crippen molar-refractivity contribution in [1.29, 1.82) is 0 Å². The Morgan fingerprint density at radius 1 is 1.30 bits per heavy atom. The van der Waals surface area contributed by atoms with Crippen molar-refractivity contribution in [2.45, 2.75) is 6.10 Å². The van der Waals surface area contributed by atoms with E-state index in [1.54, 1.807) is 19.3 Å². The molecule has 1 aromatic heterocycles. The number of methoxy groups -OCH3 is 1. The summed E-state index contributed by atoms with van der Waals surface area (Å²) in [7, 11) is 2.98. The van der Waals surface area contributed by atoms with E-state index in [9.17, 15) is 9.90 Å². The summed E-state index contributed by atoms with van der Waals surface area (Å²) in [6.07, 6.45) is 0.564. The van der Waals surface area contributed by atoms with E-state index in [0.717, 1.165) is 32.8 Å². The number of benzene rings is 1. The molecule has 0 spiro atoms. The first kappa shape index (κ1) is 19.3. The summed E-state index contributed by atoms with van der Waals surface area (Å²) >= 11 is 0. The first-order valence-electron chi connectivity index (χ1n) is 8.92. The van der Waals surface area contributed by atoms with E-state index >= 15 is 0 Å². The molecule has 1 aromatic carbocycles. The summed E-state index contributed by atoms with van der Waals surface area (Å²) < 4.78 is 17.5. The van der Waals surface area contributed by atoms with Gasteiger partial charge in [0, 0.05) is 44.0 Å². The molecular formula is C19H25N3O5. The van der Waals surface area contributed by atoms with Crippen LogP contribution >= 0.6 is 0 Å². The fraction of sp³-hybridized carbons (Fsp3) is 0.474. The van der Waals surface area contributed by atoms with E-state index in [1.807, 2.05) is 18.2 Å². The van der Waals surface area contributed by atoms with E-state index in [1.165, 1.54) is 11.8 Å². The number of ether oxygens (including phenoxy) is 3. The monoisotopic (exact) mass is 375 g/mol. The van der Waals surface area contributed by atoms with Crippen molar-refractivity contribution in [2.75, 3.05) is 46.6 Å². The van der Waals surface area contributed by atoms with Gasteiger partial charge >= 0.3 is 5.97 Å². The molecule has 146 valence electrons. The number of aryl methyl sites for hydroxylation is 1. The maximum atomic E-state index is 12.0. The van der Waals surface area contributed by atoms with Gasteiger partial charge in [0.2, 0.25) is 0 Å². The van der Waals surface area contributed by atoms with Gasteiger partial charge in [-0.25, -0.2) is 4.79 Å². The van der Waals surface area contributed by atoms with Crippen LogP contribution in [0.2, 0.25) is 0 Å². The number of aliphatic hydroxyl groups is 1. The molecule has 1 N–H and O–H groups in total. The number of morpholine rings is 1. The number of carbonyl (C=O) groups excluding carboxylic acids is 1. The van der Waals surface area contributed by atoms with Crippen molar-refractivity contribution >= 4 is 5.97 Å². The molecule has 0 amide bonds. The molecule has 3 rings (SSSR count). The minimum Gasteiger partial charge on any atom is -0.492 e. The van der Waals surface area contributed by atoms with Gasteiger partial charge in [0.1, 0.15) is 18.5 Å². The predicted octanol–water partition coefficient (Wildman–Crippen LogP) is 0.999. The summed E-state index contributed by atoms with van der Waals surface area (Å²) in [5.74, 6) is -0.00621. The van der Waals surface area contributed by atoms with Crippen LogP contribution in [0.3, 0.4) is 0 Å². The zero-order valence-electron chi connectivity index (χ0n) is 15.6. The highest BCUT2D eigenvalue weighted by molar-refractivity contribution is 5.89. The van der Waals surface area contributed by atoms with Crippen LogP contribution in [0, 0.1) is 0 Å².